The number of rotatable bonds is 45. The Bertz CT molecular complexity index is 1940. The van der Waals surface area contributed by atoms with Crippen LogP contribution in [0.25, 0.3) is 0 Å². The fourth-order valence-electron chi connectivity index (χ4n) is 7.32. The van der Waals surface area contributed by atoms with E-state index >= 15 is 0 Å². The van der Waals surface area contributed by atoms with Gasteiger partial charge in [0.05, 0.1) is 6.61 Å². The lowest BCUT2D eigenvalue weighted by Gasteiger charge is -2.40. The second kappa shape index (κ2) is 51.1. The molecule has 428 valence electrons. The molecular formula is C65H96O12. The predicted molar refractivity (Wildman–Crippen MR) is 312 cm³/mol. The fraction of sp³-hybridized carbons (Fsp3) is 0.538. The molecule has 1 aliphatic heterocycles. The van der Waals surface area contributed by atoms with Crippen LogP contribution in [0, 0.1) is 0 Å². The highest BCUT2D eigenvalue weighted by Gasteiger charge is 2.50. The van der Waals surface area contributed by atoms with E-state index in [1.165, 1.54) is 0 Å². The summed E-state index contributed by atoms with van der Waals surface area (Å²) in [6.45, 7) is 5.51. The number of carbonyl (C=O) groups excluding carboxylic acids is 3. The first-order valence-electron chi connectivity index (χ1n) is 28.5. The highest BCUT2D eigenvalue weighted by molar-refractivity contribution is 5.74. The van der Waals surface area contributed by atoms with Gasteiger partial charge in [-0.3, -0.25) is 14.4 Å². The summed E-state index contributed by atoms with van der Waals surface area (Å²) in [5.74, 6) is -3.35. The molecule has 0 aromatic heterocycles. The molecule has 0 radical (unpaired) electrons. The lowest BCUT2D eigenvalue weighted by molar-refractivity contribution is -0.301. The maximum atomic E-state index is 13.1. The van der Waals surface area contributed by atoms with Crippen LogP contribution in [0.15, 0.2) is 158 Å². The Labute approximate surface area is 463 Å². The third-order valence-corrected chi connectivity index (χ3v) is 11.6. The highest BCUT2D eigenvalue weighted by Crippen LogP contribution is 2.26. The zero-order valence-corrected chi connectivity index (χ0v) is 46.9. The zero-order chi connectivity index (χ0) is 56.1. The summed E-state index contributed by atoms with van der Waals surface area (Å²) >= 11 is 0. The molecule has 1 aliphatic rings. The van der Waals surface area contributed by atoms with Gasteiger partial charge in [0.1, 0.15) is 18.8 Å². The normalized spacial score (nSPS) is 19.2. The summed E-state index contributed by atoms with van der Waals surface area (Å²) in [5, 5.41) is 31.4. The van der Waals surface area contributed by atoms with Gasteiger partial charge in [-0.2, -0.15) is 0 Å². The molecule has 6 unspecified atom stereocenters. The molecule has 1 rings (SSSR count). The molecule has 0 saturated carbocycles. The molecule has 0 spiro atoms. The Balaban J connectivity index is 2.81. The first-order valence-corrected chi connectivity index (χ1v) is 28.5. The monoisotopic (exact) mass is 1070 g/mol. The minimum Gasteiger partial charge on any atom is -0.479 e. The van der Waals surface area contributed by atoms with E-state index in [9.17, 15) is 34.5 Å². The lowest BCUT2D eigenvalue weighted by Crippen LogP contribution is -2.61. The van der Waals surface area contributed by atoms with E-state index in [1.54, 1.807) is 0 Å². The zero-order valence-electron chi connectivity index (χ0n) is 46.9. The van der Waals surface area contributed by atoms with E-state index in [0.29, 0.717) is 32.1 Å². The number of hydrogen-bond donors (Lipinski definition) is 3. The first-order chi connectivity index (χ1) is 37.6. The average Bonchev–Trinajstić information content (AvgIpc) is 3.42. The first kappa shape index (κ1) is 69.4. The molecule has 0 aromatic carbocycles. The number of aliphatic carboxylic acids is 1. The van der Waals surface area contributed by atoms with Crippen molar-refractivity contribution in [2.45, 2.75) is 212 Å². The summed E-state index contributed by atoms with van der Waals surface area (Å²) in [4.78, 5) is 51.1. The Hall–Kier alpha value is -5.66. The van der Waals surface area contributed by atoms with Crippen molar-refractivity contribution in [3.63, 3.8) is 0 Å². The van der Waals surface area contributed by atoms with Crippen LogP contribution in [0.3, 0.4) is 0 Å². The summed E-state index contributed by atoms with van der Waals surface area (Å²) in [5.41, 5.74) is 0. The lowest BCUT2D eigenvalue weighted by atomic mass is 9.98. The van der Waals surface area contributed by atoms with Crippen molar-refractivity contribution < 1.29 is 58.2 Å². The van der Waals surface area contributed by atoms with Gasteiger partial charge in [-0.25, -0.2) is 4.79 Å². The maximum absolute atomic E-state index is 13.1. The van der Waals surface area contributed by atoms with Gasteiger partial charge in [-0.15, -0.1) is 0 Å². The van der Waals surface area contributed by atoms with E-state index in [-0.39, 0.29) is 25.9 Å². The number of ether oxygens (including phenoxy) is 5. The van der Waals surface area contributed by atoms with Gasteiger partial charge in [0, 0.05) is 19.3 Å². The average molecular weight is 1070 g/mol. The van der Waals surface area contributed by atoms with Gasteiger partial charge in [0.2, 0.25) is 0 Å². The number of hydrogen-bond acceptors (Lipinski definition) is 11. The second-order valence-electron chi connectivity index (χ2n) is 18.4. The SMILES string of the molecule is CC/C=C\C/C=C\C/C=C\C/C=C\C/C=C\CCCC(=O)OCC(COC1OC(C(=O)O)C(O)C(O)C1OC(=O)CCCC/C=C\C/C=C\C/C=C\C/C=C\CC)OC(=O)CCCC/C=C\C/C=C\C/C=C\C/C=C\CC. The molecule has 0 amide bonds. The number of carboxylic acid groups (broad SMARTS) is 1. The van der Waals surface area contributed by atoms with E-state index in [4.69, 9.17) is 23.7 Å². The smallest absolute Gasteiger partial charge is 0.335 e. The van der Waals surface area contributed by atoms with Crippen LogP contribution in [0.2, 0.25) is 0 Å². The molecule has 1 heterocycles. The van der Waals surface area contributed by atoms with Crippen LogP contribution in [0.4, 0.5) is 0 Å². The van der Waals surface area contributed by atoms with Crippen LogP contribution in [-0.4, -0.2) is 89.2 Å². The number of unbranched alkanes of at least 4 members (excludes halogenated alkanes) is 5. The second-order valence-corrected chi connectivity index (χ2v) is 18.4. The molecule has 6 atom stereocenters. The molecule has 3 N–H and O–H groups in total. The Kier molecular flexibility index (Phi) is 46.0. The minimum atomic E-state index is -1.94. The van der Waals surface area contributed by atoms with Crippen molar-refractivity contribution in [2.24, 2.45) is 0 Å². The van der Waals surface area contributed by atoms with Gasteiger partial charge < -0.3 is 39.0 Å². The minimum absolute atomic E-state index is 0.0124. The van der Waals surface area contributed by atoms with Crippen molar-refractivity contribution in [2.75, 3.05) is 13.2 Å². The van der Waals surface area contributed by atoms with E-state index in [2.05, 4.69) is 161 Å². The van der Waals surface area contributed by atoms with Gasteiger partial charge in [-0.1, -0.05) is 179 Å². The van der Waals surface area contributed by atoms with Crippen molar-refractivity contribution >= 4 is 23.9 Å². The topological polar surface area (TPSA) is 175 Å². The van der Waals surface area contributed by atoms with Crippen LogP contribution in [0.1, 0.15) is 175 Å². The van der Waals surface area contributed by atoms with Crippen molar-refractivity contribution in [3.8, 4) is 0 Å². The number of carboxylic acids is 1. The molecule has 12 nitrogen and oxygen atoms in total. The Morgan fingerprint density at radius 3 is 1.17 bits per heavy atom. The Morgan fingerprint density at radius 2 is 0.779 bits per heavy atom. The molecule has 0 aromatic rings. The molecule has 1 fully saturated rings. The van der Waals surface area contributed by atoms with E-state index < -0.39 is 67.3 Å². The third-order valence-electron chi connectivity index (χ3n) is 11.6. The molecule has 0 bridgehead atoms. The van der Waals surface area contributed by atoms with Crippen LogP contribution in [-0.2, 0) is 42.9 Å². The van der Waals surface area contributed by atoms with Crippen LogP contribution >= 0.6 is 0 Å². The van der Waals surface area contributed by atoms with Crippen LogP contribution < -0.4 is 0 Å². The van der Waals surface area contributed by atoms with E-state index in [1.807, 2.05) is 18.2 Å². The standard InChI is InChI=1S/C65H96O12/c1-4-7-10-13-16-19-22-25-28-29-32-33-36-39-42-45-48-51-57(66)73-54-56(75-58(67)52-49-46-43-40-37-34-30-26-23-20-17-14-11-8-5-2)55-74-65-63(61(70)60(69)62(77-65)64(71)72)76-59(68)53-50-47-44-41-38-35-31-27-24-21-18-15-12-9-6-3/h7-12,16-21,25-28,30-33,37-42,56,60-63,65,69-70H,4-6,13-15,22-24,29,34-36,43-55H2,1-3H3,(H,71,72)/b10-7-,11-8-,12-9-,19-16-,20-17-,21-18-,28-25-,30-26-,31-27-,33-32-,40-37-,41-38-,42-39-. The van der Waals surface area contributed by atoms with Gasteiger partial charge >= 0.3 is 23.9 Å². The summed E-state index contributed by atoms with van der Waals surface area (Å²) in [7, 11) is 0. The van der Waals surface area contributed by atoms with Crippen molar-refractivity contribution in [1.29, 1.82) is 0 Å². The predicted octanol–water partition coefficient (Wildman–Crippen LogP) is 14.6. The third kappa shape index (κ3) is 41.2. The quantitative estimate of drug-likeness (QED) is 0.0228. The number of carbonyl (C=O) groups is 4. The molecule has 12 heteroatoms. The Morgan fingerprint density at radius 1 is 0.429 bits per heavy atom. The number of esters is 3. The molecule has 0 aliphatic carbocycles. The number of aliphatic hydroxyl groups excluding tert-OH is 2. The molecule has 1 saturated heterocycles. The molecular weight excluding hydrogens is 973 g/mol. The van der Waals surface area contributed by atoms with Gasteiger partial charge in [0.25, 0.3) is 0 Å². The summed E-state index contributed by atoms with van der Waals surface area (Å²) in [6.07, 6.45) is 62.3. The van der Waals surface area contributed by atoms with Crippen molar-refractivity contribution in [3.05, 3.63) is 158 Å². The van der Waals surface area contributed by atoms with Crippen LogP contribution in [0.5, 0.6) is 0 Å². The summed E-state index contributed by atoms with van der Waals surface area (Å²) < 4.78 is 28.2. The molecule has 77 heavy (non-hydrogen) atoms. The number of allylic oxidation sites excluding steroid dienone is 26. The van der Waals surface area contributed by atoms with Gasteiger partial charge in [0.15, 0.2) is 24.6 Å². The largest absolute Gasteiger partial charge is 0.479 e. The highest BCUT2D eigenvalue weighted by atomic mass is 16.7. The van der Waals surface area contributed by atoms with Gasteiger partial charge in [-0.05, 0) is 135 Å². The summed E-state index contributed by atoms with van der Waals surface area (Å²) in [6, 6.07) is 0. The van der Waals surface area contributed by atoms with E-state index in [0.717, 1.165) is 103 Å². The maximum Gasteiger partial charge on any atom is 0.335 e. The number of aliphatic hydroxyl groups is 2. The van der Waals surface area contributed by atoms with Crippen molar-refractivity contribution in [1.82, 2.24) is 0 Å². The fourth-order valence-corrected chi connectivity index (χ4v) is 7.32.